The number of carbonyl (C=O) groups is 1. The van der Waals surface area contributed by atoms with Gasteiger partial charge in [-0.3, -0.25) is 4.79 Å². The van der Waals surface area contributed by atoms with Crippen molar-refractivity contribution >= 4 is 5.97 Å². The normalized spacial score (nSPS) is 22.5. The molecule has 13 heavy (non-hydrogen) atoms. The van der Waals surface area contributed by atoms with Gasteiger partial charge < -0.3 is 9.47 Å². The summed E-state index contributed by atoms with van der Waals surface area (Å²) in [5.41, 5.74) is 0. The third-order valence-corrected chi connectivity index (χ3v) is 2.21. The van der Waals surface area contributed by atoms with Crippen LogP contribution in [0, 0.1) is 5.92 Å². The van der Waals surface area contributed by atoms with Crippen molar-refractivity contribution in [3.05, 3.63) is 0 Å². The average Bonchev–Trinajstić information content (AvgIpc) is 2.93. The predicted molar refractivity (Wildman–Crippen MR) is 49.4 cm³/mol. The van der Waals surface area contributed by atoms with Gasteiger partial charge in [-0.15, -0.1) is 0 Å². The molecule has 0 radical (unpaired) electrons. The van der Waals surface area contributed by atoms with Crippen LogP contribution in [-0.4, -0.2) is 25.3 Å². The second kappa shape index (κ2) is 5.22. The van der Waals surface area contributed by atoms with E-state index in [0.29, 0.717) is 6.61 Å². The van der Waals surface area contributed by atoms with Crippen molar-refractivity contribution in [3.8, 4) is 0 Å². The number of hydrogen-bond donors (Lipinski definition) is 0. The van der Waals surface area contributed by atoms with Gasteiger partial charge in [0.15, 0.2) is 0 Å². The molecule has 1 heterocycles. The van der Waals surface area contributed by atoms with Crippen LogP contribution >= 0.6 is 0 Å². The number of unbranched alkanes of at least 4 members (excludes halogenated alkanes) is 1. The minimum atomic E-state index is -0.0797. The Labute approximate surface area is 79.4 Å². The Balaban J connectivity index is 2.05. The molecular formula is C10H18O3. The maximum absolute atomic E-state index is 11.3. The minimum Gasteiger partial charge on any atom is -0.463 e. The van der Waals surface area contributed by atoms with E-state index in [1.807, 2.05) is 6.92 Å². The van der Waals surface area contributed by atoms with Gasteiger partial charge in [-0.05, 0) is 6.42 Å². The molecule has 0 amide bonds. The first-order valence-corrected chi connectivity index (χ1v) is 5.02. The fraction of sp³-hybridized carbons (Fsp3) is 0.900. The summed E-state index contributed by atoms with van der Waals surface area (Å²) in [5.74, 6) is -0.0392. The van der Waals surface area contributed by atoms with Gasteiger partial charge in [0.05, 0.1) is 12.5 Å². The molecule has 1 aliphatic heterocycles. The van der Waals surface area contributed by atoms with E-state index in [9.17, 15) is 4.79 Å². The summed E-state index contributed by atoms with van der Waals surface area (Å²) in [5, 5.41) is 0. The van der Waals surface area contributed by atoms with E-state index in [0.717, 1.165) is 25.9 Å². The number of esters is 1. The highest BCUT2D eigenvalue weighted by molar-refractivity contribution is 5.71. The van der Waals surface area contributed by atoms with Crippen LogP contribution in [0.2, 0.25) is 0 Å². The first-order valence-electron chi connectivity index (χ1n) is 5.02. The number of ether oxygens (including phenoxy) is 2. The Morgan fingerprint density at radius 2 is 2.38 bits per heavy atom. The zero-order valence-electron chi connectivity index (χ0n) is 8.41. The van der Waals surface area contributed by atoms with Gasteiger partial charge in [0.1, 0.15) is 12.7 Å². The fourth-order valence-electron chi connectivity index (χ4n) is 1.11. The van der Waals surface area contributed by atoms with Crippen molar-refractivity contribution in [1.82, 2.24) is 0 Å². The molecule has 0 aromatic heterocycles. The number of rotatable bonds is 6. The Morgan fingerprint density at radius 3 is 2.92 bits per heavy atom. The van der Waals surface area contributed by atoms with Crippen molar-refractivity contribution in [1.29, 1.82) is 0 Å². The van der Waals surface area contributed by atoms with Crippen LogP contribution < -0.4 is 0 Å². The van der Waals surface area contributed by atoms with E-state index in [1.54, 1.807) is 0 Å². The molecule has 0 bridgehead atoms. The van der Waals surface area contributed by atoms with Crippen LogP contribution in [0.25, 0.3) is 0 Å². The molecule has 3 nitrogen and oxygen atoms in total. The average molecular weight is 186 g/mol. The van der Waals surface area contributed by atoms with Gasteiger partial charge in [0.25, 0.3) is 0 Å². The van der Waals surface area contributed by atoms with Gasteiger partial charge >= 0.3 is 5.97 Å². The highest BCUT2D eigenvalue weighted by atomic mass is 16.6. The molecule has 3 heteroatoms. The van der Waals surface area contributed by atoms with Crippen LogP contribution in [0.1, 0.15) is 33.1 Å². The maximum Gasteiger partial charge on any atom is 0.308 e. The second-order valence-electron chi connectivity index (χ2n) is 3.63. The zero-order chi connectivity index (χ0) is 9.68. The second-order valence-corrected chi connectivity index (χ2v) is 3.63. The van der Waals surface area contributed by atoms with E-state index in [-0.39, 0.29) is 18.0 Å². The van der Waals surface area contributed by atoms with Gasteiger partial charge in [-0.1, -0.05) is 26.7 Å². The summed E-state index contributed by atoms with van der Waals surface area (Å²) in [6, 6.07) is 0. The van der Waals surface area contributed by atoms with Gasteiger partial charge in [0, 0.05) is 0 Å². The van der Waals surface area contributed by atoms with Crippen molar-refractivity contribution in [3.63, 3.8) is 0 Å². The van der Waals surface area contributed by atoms with E-state index in [1.165, 1.54) is 0 Å². The molecule has 0 aromatic carbocycles. The molecule has 1 fully saturated rings. The molecule has 0 aromatic rings. The smallest absolute Gasteiger partial charge is 0.308 e. The lowest BCUT2D eigenvalue weighted by atomic mass is 10.1. The van der Waals surface area contributed by atoms with E-state index >= 15 is 0 Å². The lowest BCUT2D eigenvalue weighted by Gasteiger charge is -2.09. The first-order chi connectivity index (χ1) is 6.24. The van der Waals surface area contributed by atoms with Gasteiger partial charge in [0.2, 0.25) is 0 Å². The highest BCUT2D eigenvalue weighted by Gasteiger charge is 2.25. The summed E-state index contributed by atoms with van der Waals surface area (Å²) in [6.07, 6.45) is 3.34. The SMILES string of the molecule is CCCCC(C)C(=O)OCC1CO1. The van der Waals surface area contributed by atoms with Crippen LogP contribution in [0.15, 0.2) is 0 Å². The van der Waals surface area contributed by atoms with Crippen LogP contribution in [0.4, 0.5) is 0 Å². The minimum absolute atomic E-state index is 0.0405. The lowest BCUT2D eigenvalue weighted by molar-refractivity contribution is -0.148. The summed E-state index contributed by atoms with van der Waals surface area (Å²) in [4.78, 5) is 11.3. The van der Waals surface area contributed by atoms with Crippen LogP contribution in [0.3, 0.4) is 0 Å². The first kappa shape index (κ1) is 10.5. The molecule has 0 N–H and O–H groups in total. The number of epoxide rings is 1. The molecule has 1 aliphatic rings. The van der Waals surface area contributed by atoms with Crippen molar-refractivity contribution < 1.29 is 14.3 Å². The fourth-order valence-corrected chi connectivity index (χ4v) is 1.11. The van der Waals surface area contributed by atoms with Crippen LogP contribution in [-0.2, 0) is 14.3 Å². The lowest BCUT2D eigenvalue weighted by Crippen LogP contribution is -2.17. The Bertz CT molecular complexity index is 164. The number of hydrogen-bond acceptors (Lipinski definition) is 3. The highest BCUT2D eigenvalue weighted by Crippen LogP contribution is 2.13. The number of carbonyl (C=O) groups excluding carboxylic acids is 1. The standard InChI is InChI=1S/C10H18O3/c1-3-4-5-8(2)10(11)13-7-9-6-12-9/h8-9H,3-7H2,1-2H3. The molecule has 2 unspecified atom stereocenters. The monoisotopic (exact) mass is 186 g/mol. The zero-order valence-corrected chi connectivity index (χ0v) is 8.41. The molecule has 76 valence electrons. The Morgan fingerprint density at radius 1 is 1.69 bits per heavy atom. The largest absolute Gasteiger partial charge is 0.463 e. The van der Waals surface area contributed by atoms with E-state index < -0.39 is 0 Å². The van der Waals surface area contributed by atoms with Crippen molar-refractivity contribution in [2.24, 2.45) is 5.92 Å². The summed E-state index contributed by atoms with van der Waals surface area (Å²) in [7, 11) is 0. The summed E-state index contributed by atoms with van der Waals surface area (Å²) >= 11 is 0. The topological polar surface area (TPSA) is 38.8 Å². The van der Waals surface area contributed by atoms with Gasteiger partial charge in [-0.25, -0.2) is 0 Å². The van der Waals surface area contributed by atoms with E-state index in [4.69, 9.17) is 9.47 Å². The van der Waals surface area contributed by atoms with E-state index in [2.05, 4.69) is 6.92 Å². The third kappa shape index (κ3) is 4.27. The molecule has 2 atom stereocenters. The molecular weight excluding hydrogens is 168 g/mol. The maximum atomic E-state index is 11.3. The quantitative estimate of drug-likeness (QED) is 0.468. The molecule has 0 saturated carbocycles. The van der Waals surface area contributed by atoms with Crippen LogP contribution in [0.5, 0.6) is 0 Å². The molecule has 0 aliphatic carbocycles. The molecule has 1 saturated heterocycles. The Kier molecular flexibility index (Phi) is 4.22. The van der Waals surface area contributed by atoms with Gasteiger partial charge in [-0.2, -0.15) is 0 Å². The third-order valence-electron chi connectivity index (χ3n) is 2.21. The van der Waals surface area contributed by atoms with Crippen molar-refractivity contribution in [2.45, 2.75) is 39.2 Å². The Hall–Kier alpha value is -0.570. The summed E-state index contributed by atoms with van der Waals surface area (Å²) < 4.78 is 10.0. The summed E-state index contributed by atoms with van der Waals surface area (Å²) in [6.45, 7) is 5.23. The molecule has 1 rings (SSSR count). The molecule has 0 spiro atoms. The van der Waals surface area contributed by atoms with Crippen molar-refractivity contribution in [2.75, 3.05) is 13.2 Å². The predicted octanol–water partition coefficient (Wildman–Crippen LogP) is 1.75.